The quantitative estimate of drug-likeness (QED) is 0.740. The zero-order valence-corrected chi connectivity index (χ0v) is 11.5. The van der Waals surface area contributed by atoms with Gasteiger partial charge in [0.1, 0.15) is 6.04 Å². The normalized spacial score (nSPS) is 18.7. The van der Waals surface area contributed by atoms with E-state index in [9.17, 15) is 14.4 Å². The molecule has 0 aliphatic carbocycles. The van der Waals surface area contributed by atoms with Crippen LogP contribution in [0.5, 0.6) is 0 Å². The van der Waals surface area contributed by atoms with Crippen molar-refractivity contribution in [1.82, 2.24) is 10.2 Å². The summed E-state index contributed by atoms with van der Waals surface area (Å²) in [4.78, 5) is 35.6. The minimum absolute atomic E-state index is 0.0704. The van der Waals surface area contributed by atoms with Crippen LogP contribution in [0.2, 0.25) is 0 Å². The maximum absolute atomic E-state index is 11.9. The topological polar surface area (TPSA) is 86.7 Å². The molecule has 108 valence electrons. The second-order valence-electron chi connectivity index (χ2n) is 5.28. The van der Waals surface area contributed by atoms with Crippen molar-refractivity contribution >= 4 is 17.8 Å². The van der Waals surface area contributed by atoms with E-state index in [1.54, 1.807) is 0 Å². The summed E-state index contributed by atoms with van der Waals surface area (Å²) in [6.07, 6.45) is 1.84. The first-order valence-corrected chi connectivity index (χ1v) is 6.70. The number of amides is 2. The van der Waals surface area contributed by atoms with Crippen molar-refractivity contribution in [3.05, 3.63) is 0 Å². The maximum Gasteiger partial charge on any atom is 0.326 e. The second-order valence-corrected chi connectivity index (χ2v) is 5.28. The van der Waals surface area contributed by atoms with Crippen LogP contribution < -0.4 is 5.32 Å². The number of carboxylic acids is 1. The van der Waals surface area contributed by atoms with Gasteiger partial charge in [0.05, 0.1) is 0 Å². The van der Waals surface area contributed by atoms with Crippen molar-refractivity contribution in [2.24, 2.45) is 5.92 Å². The van der Waals surface area contributed by atoms with Gasteiger partial charge in [-0.1, -0.05) is 13.8 Å². The molecule has 1 aliphatic heterocycles. The first-order valence-electron chi connectivity index (χ1n) is 6.70. The molecule has 2 N–H and O–H groups in total. The number of aliphatic carboxylic acids is 1. The van der Waals surface area contributed by atoms with Crippen LogP contribution in [0.15, 0.2) is 0 Å². The monoisotopic (exact) mass is 270 g/mol. The summed E-state index contributed by atoms with van der Waals surface area (Å²) in [5.74, 6) is -0.936. The van der Waals surface area contributed by atoms with Crippen LogP contribution >= 0.6 is 0 Å². The molecule has 19 heavy (non-hydrogen) atoms. The van der Waals surface area contributed by atoms with Gasteiger partial charge in [-0.05, 0) is 18.8 Å². The highest BCUT2D eigenvalue weighted by Crippen LogP contribution is 2.18. The zero-order chi connectivity index (χ0) is 14.4. The van der Waals surface area contributed by atoms with Crippen molar-refractivity contribution in [2.75, 3.05) is 13.1 Å². The minimum atomic E-state index is -0.949. The Kier molecular flexibility index (Phi) is 5.79. The van der Waals surface area contributed by atoms with Crippen LogP contribution in [-0.2, 0) is 14.4 Å². The third-order valence-corrected chi connectivity index (χ3v) is 3.11. The lowest BCUT2D eigenvalue weighted by Crippen LogP contribution is -2.41. The third kappa shape index (κ3) is 4.89. The van der Waals surface area contributed by atoms with E-state index < -0.39 is 12.0 Å². The van der Waals surface area contributed by atoms with Crippen LogP contribution in [0.1, 0.15) is 39.5 Å². The molecule has 0 spiro atoms. The van der Waals surface area contributed by atoms with E-state index in [0.29, 0.717) is 19.4 Å². The molecule has 1 heterocycles. The lowest BCUT2D eigenvalue weighted by molar-refractivity contribution is -0.148. The van der Waals surface area contributed by atoms with Crippen LogP contribution in [0, 0.1) is 5.92 Å². The smallest absolute Gasteiger partial charge is 0.326 e. The van der Waals surface area contributed by atoms with Gasteiger partial charge in [-0.25, -0.2) is 4.79 Å². The Hall–Kier alpha value is -1.59. The fraction of sp³-hybridized carbons (Fsp3) is 0.769. The van der Waals surface area contributed by atoms with Crippen molar-refractivity contribution in [2.45, 2.75) is 45.6 Å². The van der Waals surface area contributed by atoms with Gasteiger partial charge in [0.25, 0.3) is 0 Å². The van der Waals surface area contributed by atoms with Crippen LogP contribution in [0.4, 0.5) is 0 Å². The van der Waals surface area contributed by atoms with Crippen LogP contribution in [0.25, 0.3) is 0 Å². The Bertz CT molecular complexity index is 355. The average molecular weight is 270 g/mol. The van der Waals surface area contributed by atoms with E-state index in [4.69, 9.17) is 5.11 Å². The molecule has 0 saturated carbocycles. The van der Waals surface area contributed by atoms with E-state index in [1.165, 1.54) is 4.90 Å². The van der Waals surface area contributed by atoms with Crippen molar-refractivity contribution in [1.29, 1.82) is 0 Å². The SMILES string of the molecule is CC(C)CC(=O)NCCC(=O)N1CCC[C@@H]1C(=O)O. The van der Waals surface area contributed by atoms with Gasteiger partial charge in [-0.2, -0.15) is 0 Å². The Morgan fingerprint density at radius 2 is 2.05 bits per heavy atom. The van der Waals surface area contributed by atoms with Gasteiger partial charge in [-0.3, -0.25) is 9.59 Å². The Morgan fingerprint density at radius 1 is 1.37 bits per heavy atom. The van der Waals surface area contributed by atoms with Crippen molar-refractivity contribution in [3.8, 4) is 0 Å². The standard InChI is InChI=1S/C13H22N2O4/c1-9(2)8-11(16)14-6-5-12(17)15-7-3-4-10(15)13(18)19/h9-10H,3-8H2,1-2H3,(H,14,16)(H,18,19)/t10-/m1/s1. The van der Waals surface area contributed by atoms with Crippen LogP contribution in [-0.4, -0.2) is 46.9 Å². The number of carbonyl (C=O) groups excluding carboxylic acids is 2. The highest BCUT2D eigenvalue weighted by Gasteiger charge is 2.33. The molecule has 6 nitrogen and oxygen atoms in total. The second kappa shape index (κ2) is 7.11. The molecule has 1 fully saturated rings. The van der Waals surface area contributed by atoms with E-state index in [0.717, 1.165) is 6.42 Å². The molecule has 0 aromatic rings. The Labute approximate surface area is 113 Å². The first-order chi connectivity index (χ1) is 8.91. The number of nitrogens with one attached hydrogen (secondary N) is 1. The largest absolute Gasteiger partial charge is 0.480 e. The van der Waals surface area contributed by atoms with Gasteiger partial charge in [0.15, 0.2) is 0 Å². The van der Waals surface area contributed by atoms with E-state index in [2.05, 4.69) is 5.32 Å². The van der Waals surface area contributed by atoms with E-state index in [1.807, 2.05) is 13.8 Å². The molecule has 0 unspecified atom stereocenters. The predicted octanol–water partition coefficient (Wildman–Crippen LogP) is 0.614. The van der Waals surface area contributed by atoms with Crippen LogP contribution in [0.3, 0.4) is 0 Å². The summed E-state index contributed by atoms with van der Waals surface area (Å²) in [6.45, 7) is 4.67. The number of nitrogens with zero attached hydrogens (tertiary/aromatic N) is 1. The molecular formula is C13H22N2O4. The van der Waals surface area contributed by atoms with Gasteiger partial charge in [0, 0.05) is 25.9 Å². The van der Waals surface area contributed by atoms with E-state index in [-0.39, 0.29) is 30.7 Å². The van der Waals surface area contributed by atoms with Crippen molar-refractivity contribution in [3.63, 3.8) is 0 Å². The summed E-state index contributed by atoms with van der Waals surface area (Å²) in [5, 5.41) is 11.7. The molecule has 0 bridgehead atoms. The summed E-state index contributed by atoms with van der Waals surface area (Å²) >= 11 is 0. The van der Waals surface area contributed by atoms with Gasteiger partial charge in [-0.15, -0.1) is 0 Å². The molecule has 1 saturated heterocycles. The third-order valence-electron chi connectivity index (χ3n) is 3.11. The fourth-order valence-corrected chi connectivity index (χ4v) is 2.22. The highest BCUT2D eigenvalue weighted by atomic mass is 16.4. The lowest BCUT2D eigenvalue weighted by atomic mass is 10.1. The lowest BCUT2D eigenvalue weighted by Gasteiger charge is -2.21. The average Bonchev–Trinajstić information content (AvgIpc) is 2.76. The zero-order valence-electron chi connectivity index (χ0n) is 11.5. The van der Waals surface area contributed by atoms with Gasteiger partial charge >= 0.3 is 5.97 Å². The predicted molar refractivity (Wildman–Crippen MR) is 69.5 cm³/mol. The first kappa shape index (κ1) is 15.5. The molecule has 6 heteroatoms. The van der Waals surface area contributed by atoms with Gasteiger partial charge in [0.2, 0.25) is 11.8 Å². The molecule has 0 aromatic heterocycles. The Balaban J connectivity index is 2.31. The summed E-state index contributed by atoms with van der Waals surface area (Å²) < 4.78 is 0. The molecule has 0 radical (unpaired) electrons. The Morgan fingerprint density at radius 3 is 2.63 bits per heavy atom. The number of carboxylic acid groups (broad SMARTS) is 1. The number of carbonyl (C=O) groups is 3. The molecule has 1 rings (SSSR count). The maximum atomic E-state index is 11.9. The number of hydrogen-bond acceptors (Lipinski definition) is 3. The van der Waals surface area contributed by atoms with Crippen molar-refractivity contribution < 1.29 is 19.5 Å². The summed E-state index contributed by atoms with van der Waals surface area (Å²) in [6, 6.07) is -0.695. The molecule has 1 atom stereocenters. The molecule has 2 amide bonds. The highest BCUT2D eigenvalue weighted by molar-refractivity contribution is 5.84. The summed E-state index contributed by atoms with van der Waals surface area (Å²) in [7, 11) is 0. The molecule has 1 aliphatic rings. The number of likely N-dealkylation sites (tertiary alicyclic amines) is 1. The number of rotatable bonds is 6. The minimum Gasteiger partial charge on any atom is -0.480 e. The number of hydrogen-bond donors (Lipinski definition) is 2. The summed E-state index contributed by atoms with van der Waals surface area (Å²) in [5.41, 5.74) is 0. The fourth-order valence-electron chi connectivity index (χ4n) is 2.22. The molecule has 0 aromatic carbocycles. The van der Waals surface area contributed by atoms with Gasteiger partial charge < -0.3 is 15.3 Å². The van der Waals surface area contributed by atoms with E-state index >= 15 is 0 Å². The molecular weight excluding hydrogens is 248 g/mol.